The Balaban J connectivity index is 1.97. The molecule has 0 aliphatic carbocycles. The fourth-order valence-corrected chi connectivity index (χ4v) is 4.42. The van der Waals surface area contributed by atoms with Crippen LogP contribution in [0.15, 0.2) is 48.5 Å². The maximum absolute atomic E-state index is 12.3. The van der Waals surface area contributed by atoms with Gasteiger partial charge in [-0.2, -0.15) is 0 Å². The third-order valence-electron chi connectivity index (χ3n) is 6.50. The van der Waals surface area contributed by atoms with E-state index in [2.05, 4.69) is 71.1 Å². The van der Waals surface area contributed by atoms with E-state index in [9.17, 15) is 9.90 Å². The molecule has 0 unspecified atom stereocenters. The van der Waals surface area contributed by atoms with Gasteiger partial charge in [-0.3, -0.25) is 0 Å². The number of aliphatic hydroxyl groups is 1. The first-order chi connectivity index (χ1) is 15.4. The van der Waals surface area contributed by atoms with Gasteiger partial charge in [-0.15, -0.1) is 0 Å². The molecule has 0 amide bonds. The van der Waals surface area contributed by atoms with E-state index in [-0.39, 0.29) is 29.6 Å². The molecule has 1 aliphatic heterocycles. The van der Waals surface area contributed by atoms with Crippen molar-refractivity contribution in [3.63, 3.8) is 0 Å². The van der Waals surface area contributed by atoms with Crippen LogP contribution in [0.2, 0.25) is 0 Å². The van der Waals surface area contributed by atoms with Crippen molar-refractivity contribution in [1.29, 1.82) is 0 Å². The molecule has 5 heteroatoms. The van der Waals surface area contributed by atoms with E-state index >= 15 is 0 Å². The molecule has 2 atom stereocenters. The Morgan fingerprint density at radius 3 is 1.70 bits per heavy atom. The number of hydrogen-bond acceptors (Lipinski definition) is 5. The van der Waals surface area contributed by atoms with Crippen LogP contribution in [-0.4, -0.2) is 36.6 Å². The Bertz CT molecular complexity index is 878. The summed E-state index contributed by atoms with van der Waals surface area (Å²) in [7, 11) is 0. The first kappa shape index (κ1) is 25.3. The highest BCUT2D eigenvalue weighted by Gasteiger charge is 2.45. The molecule has 1 aliphatic rings. The molecule has 1 heterocycles. The van der Waals surface area contributed by atoms with Gasteiger partial charge in [0.2, 0.25) is 0 Å². The van der Waals surface area contributed by atoms with Gasteiger partial charge in [-0.25, -0.2) is 4.79 Å². The van der Waals surface area contributed by atoms with Crippen molar-refractivity contribution in [3.05, 3.63) is 70.8 Å². The monoisotopic (exact) mass is 453 g/mol. The first-order valence-electron chi connectivity index (χ1n) is 11.9. The van der Waals surface area contributed by atoms with E-state index in [1.807, 2.05) is 24.3 Å². The van der Waals surface area contributed by atoms with Gasteiger partial charge in [0.1, 0.15) is 11.7 Å². The maximum Gasteiger partial charge on any atom is 0.508 e. The molecule has 0 bridgehead atoms. The summed E-state index contributed by atoms with van der Waals surface area (Å²) >= 11 is 0. The number of rotatable bonds is 5. The molecule has 1 saturated heterocycles. The van der Waals surface area contributed by atoms with Gasteiger partial charge in [-0.1, -0.05) is 90.1 Å². The van der Waals surface area contributed by atoms with E-state index in [0.717, 1.165) is 11.1 Å². The summed E-state index contributed by atoms with van der Waals surface area (Å²) in [4.78, 5) is 11.8. The number of benzene rings is 2. The predicted octanol–water partition coefficient (Wildman–Crippen LogP) is 5.42. The zero-order valence-corrected chi connectivity index (χ0v) is 21.1. The fourth-order valence-electron chi connectivity index (χ4n) is 4.42. The summed E-state index contributed by atoms with van der Waals surface area (Å²) in [5.41, 5.74) is 2.81. The lowest BCUT2D eigenvalue weighted by atomic mass is 9.76. The van der Waals surface area contributed by atoms with E-state index in [1.165, 1.54) is 11.1 Å². The Hall–Kier alpha value is -2.37. The molecule has 0 spiro atoms. The summed E-state index contributed by atoms with van der Waals surface area (Å²) in [6, 6.07) is 16.1. The second-order valence-corrected chi connectivity index (χ2v) is 11.0. The zero-order chi connectivity index (χ0) is 24.4. The van der Waals surface area contributed by atoms with Gasteiger partial charge in [0.25, 0.3) is 0 Å². The molecule has 33 heavy (non-hydrogen) atoms. The minimum absolute atomic E-state index is 0.0230. The summed E-state index contributed by atoms with van der Waals surface area (Å²) in [5.74, 6) is 0. The lowest BCUT2D eigenvalue weighted by Crippen LogP contribution is -2.46. The fraction of sp³-hybridized carbons (Fsp3) is 0.536. The highest BCUT2D eigenvalue weighted by molar-refractivity contribution is 5.60. The molecule has 180 valence electrons. The van der Waals surface area contributed by atoms with Gasteiger partial charge in [0.05, 0.1) is 6.61 Å². The van der Waals surface area contributed by atoms with Crippen LogP contribution in [0.3, 0.4) is 0 Å². The third-order valence-corrected chi connectivity index (χ3v) is 6.50. The molecule has 1 fully saturated rings. The molecule has 5 nitrogen and oxygen atoms in total. The molecule has 2 aromatic carbocycles. The predicted molar refractivity (Wildman–Crippen MR) is 132 cm³/mol. The third kappa shape index (κ3) is 5.59. The van der Waals surface area contributed by atoms with Crippen LogP contribution >= 0.6 is 0 Å². The Morgan fingerprint density at radius 2 is 1.30 bits per heavy atom. The number of carbonyl (C=O) groups is 1. The lowest BCUT2D eigenvalue weighted by molar-refractivity contribution is 0.0190. The smallest absolute Gasteiger partial charge is 0.435 e. The number of carbonyl (C=O) groups excluding carboxylic acids is 1. The second-order valence-electron chi connectivity index (χ2n) is 11.0. The molecule has 2 N–H and O–H groups in total. The number of nitrogens with one attached hydrogen (secondary N) is 1. The maximum atomic E-state index is 12.3. The summed E-state index contributed by atoms with van der Waals surface area (Å²) in [6.45, 7) is 15.5. The van der Waals surface area contributed by atoms with Crippen molar-refractivity contribution in [2.75, 3.05) is 13.2 Å². The average molecular weight is 454 g/mol. The topological polar surface area (TPSA) is 67.8 Å². The van der Waals surface area contributed by atoms with Gasteiger partial charge in [-0.05, 0) is 40.0 Å². The molecule has 3 rings (SSSR count). The van der Waals surface area contributed by atoms with Crippen LogP contribution in [0.4, 0.5) is 4.79 Å². The molecule has 0 saturated carbocycles. The molecular weight excluding hydrogens is 414 g/mol. The van der Waals surface area contributed by atoms with E-state index < -0.39 is 11.8 Å². The summed E-state index contributed by atoms with van der Waals surface area (Å²) in [5, 5.41) is 15.7. The highest BCUT2D eigenvalue weighted by atomic mass is 16.7. The van der Waals surface area contributed by atoms with Crippen molar-refractivity contribution < 1.29 is 19.4 Å². The normalized spacial score (nSPS) is 19.4. The van der Waals surface area contributed by atoms with Crippen molar-refractivity contribution in [3.8, 4) is 0 Å². The van der Waals surface area contributed by atoms with Crippen LogP contribution in [0.25, 0.3) is 0 Å². The molecule has 0 radical (unpaired) electrons. The van der Waals surface area contributed by atoms with E-state index in [0.29, 0.717) is 13.0 Å². The summed E-state index contributed by atoms with van der Waals surface area (Å²) in [6.07, 6.45) is -0.544. The lowest BCUT2D eigenvalue weighted by Gasteiger charge is -2.36. The minimum Gasteiger partial charge on any atom is -0.435 e. The van der Waals surface area contributed by atoms with Crippen LogP contribution in [0.5, 0.6) is 0 Å². The molecule has 0 aromatic heterocycles. The highest BCUT2D eigenvalue weighted by Crippen LogP contribution is 2.39. The van der Waals surface area contributed by atoms with Crippen molar-refractivity contribution in [2.24, 2.45) is 0 Å². The largest absolute Gasteiger partial charge is 0.508 e. The van der Waals surface area contributed by atoms with E-state index in [1.54, 1.807) is 6.92 Å². The van der Waals surface area contributed by atoms with Crippen molar-refractivity contribution in [1.82, 2.24) is 5.32 Å². The first-order valence-corrected chi connectivity index (χ1v) is 11.9. The Morgan fingerprint density at radius 1 is 0.879 bits per heavy atom. The van der Waals surface area contributed by atoms with Crippen LogP contribution in [0.1, 0.15) is 77.1 Å². The number of ether oxygens (including phenoxy) is 2. The van der Waals surface area contributed by atoms with Crippen LogP contribution in [0, 0.1) is 0 Å². The van der Waals surface area contributed by atoms with Gasteiger partial charge in [0, 0.05) is 19.0 Å². The molecular formula is C28H39NO4. The second kappa shape index (κ2) is 9.47. The van der Waals surface area contributed by atoms with Gasteiger partial charge >= 0.3 is 6.16 Å². The van der Waals surface area contributed by atoms with Crippen LogP contribution < -0.4 is 5.32 Å². The van der Waals surface area contributed by atoms with Gasteiger partial charge < -0.3 is 19.9 Å². The molecule has 2 aromatic rings. The van der Waals surface area contributed by atoms with Crippen molar-refractivity contribution in [2.45, 2.75) is 83.5 Å². The van der Waals surface area contributed by atoms with Gasteiger partial charge in [0.15, 0.2) is 0 Å². The quantitative estimate of drug-likeness (QED) is 0.592. The Labute approximate surface area is 198 Å². The van der Waals surface area contributed by atoms with Crippen molar-refractivity contribution >= 4 is 6.16 Å². The Kier molecular flexibility index (Phi) is 7.25. The van der Waals surface area contributed by atoms with Crippen LogP contribution in [-0.2, 0) is 25.9 Å². The summed E-state index contributed by atoms with van der Waals surface area (Å²) < 4.78 is 10.4. The average Bonchev–Trinajstić information content (AvgIpc) is 3.21. The SMILES string of the molecule is CCOC(=O)O[C@H]1CN[C@@H](C(O)(c2ccc(C(C)(C)C)cc2)c2ccc(C(C)(C)C)cc2)C1. The number of hydrogen-bond donors (Lipinski definition) is 2. The standard InChI is InChI=1S/C28H39NO4/c1-8-32-25(30)33-23-17-24(29-18-23)28(31,21-13-9-19(10-14-21)26(2,3)4)22-15-11-20(12-16-22)27(5,6)7/h9-16,23-24,29,31H,8,17-18H2,1-7H3/t23-,24-/m1/s1. The minimum atomic E-state index is -1.28. The zero-order valence-electron chi connectivity index (χ0n) is 21.1. The van der Waals surface area contributed by atoms with E-state index in [4.69, 9.17) is 9.47 Å².